The Morgan fingerprint density at radius 3 is 2.20 bits per heavy atom. The topological polar surface area (TPSA) is 41.8 Å². The van der Waals surface area contributed by atoms with Gasteiger partial charge in [-0.05, 0) is 68.7 Å². The van der Waals surface area contributed by atoms with Crippen LogP contribution in [0.15, 0.2) is 70.4 Å². The smallest absolute Gasteiger partial charge is 0.153 e. The predicted octanol–water partition coefficient (Wildman–Crippen LogP) is 9.29. The molecule has 0 aliphatic carbocycles. The number of ether oxygens (including phenoxy) is 1. The van der Waals surface area contributed by atoms with Crippen LogP contribution in [0.2, 0.25) is 0 Å². The summed E-state index contributed by atoms with van der Waals surface area (Å²) in [7, 11) is 0. The van der Waals surface area contributed by atoms with Crippen molar-refractivity contribution in [3.8, 4) is 23.8 Å². The molecule has 0 amide bonds. The molecule has 0 spiro atoms. The van der Waals surface area contributed by atoms with Crippen molar-refractivity contribution in [2.24, 2.45) is 21.7 Å². The van der Waals surface area contributed by atoms with E-state index in [1.165, 1.54) is 0 Å². The number of aliphatic imine (C=N–C) groups is 1. The molecule has 3 heteroatoms. The van der Waals surface area contributed by atoms with Gasteiger partial charge in [0.15, 0.2) is 5.75 Å². The van der Waals surface area contributed by atoms with E-state index in [1.807, 2.05) is 83.2 Å². The van der Waals surface area contributed by atoms with Crippen LogP contribution in [0, 0.1) is 42.9 Å². The van der Waals surface area contributed by atoms with E-state index in [0.717, 1.165) is 28.9 Å². The molecule has 2 rings (SSSR count). The van der Waals surface area contributed by atoms with Crippen molar-refractivity contribution in [1.29, 1.82) is 0 Å². The Balaban J connectivity index is 2.58. The van der Waals surface area contributed by atoms with E-state index in [4.69, 9.17) is 16.2 Å². The number of aliphatic hydroxyl groups excluding tert-OH is 1. The van der Waals surface area contributed by atoms with E-state index in [-0.39, 0.29) is 17.1 Å². The quantitative estimate of drug-likeness (QED) is 0.180. The van der Waals surface area contributed by atoms with E-state index in [9.17, 15) is 5.11 Å². The maximum Gasteiger partial charge on any atom is 0.153 e. The van der Waals surface area contributed by atoms with Crippen LogP contribution in [0.3, 0.4) is 0 Å². The summed E-state index contributed by atoms with van der Waals surface area (Å²) < 4.78 is 6.30. The number of aliphatic hydroxyl groups is 1. The average Bonchev–Trinajstić information content (AvgIpc) is 2.77. The Labute approximate surface area is 212 Å². The zero-order chi connectivity index (χ0) is 26.4. The van der Waals surface area contributed by atoms with Crippen molar-refractivity contribution < 1.29 is 9.84 Å². The minimum Gasteiger partial charge on any atom is -0.510 e. The molecule has 0 fully saturated rings. The Morgan fingerprint density at radius 1 is 1.06 bits per heavy atom. The number of para-hydroxylation sites is 3. The van der Waals surface area contributed by atoms with Crippen molar-refractivity contribution in [2.75, 3.05) is 0 Å². The predicted molar refractivity (Wildman–Crippen MR) is 150 cm³/mol. The Morgan fingerprint density at radius 2 is 1.66 bits per heavy atom. The molecule has 2 aromatic rings. The third-order valence-corrected chi connectivity index (χ3v) is 6.26. The highest BCUT2D eigenvalue weighted by molar-refractivity contribution is 5.86. The van der Waals surface area contributed by atoms with Crippen molar-refractivity contribution in [1.82, 2.24) is 0 Å². The number of aryl methyl sites for hydroxylation is 2. The van der Waals surface area contributed by atoms with Crippen molar-refractivity contribution in [3.05, 3.63) is 76.6 Å². The highest BCUT2D eigenvalue weighted by atomic mass is 16.5. The molecule has 1 N–H and O–H groups in total. The van der Waals surface area contributed by atoms with Gasteiger partial charge in [0.05, 0.1) is 5.41 Å². The standard InChI is InChI=1S/C32H41NO2/c1-11-32(10,22(2)3)30(34)26(19-23(4)20-31(7,8)9)21-33-27-17-12-13-18-28(27)35-29-24(5)15-14-16-25(29)6/h1,12-19,21-22,34H,20H2,2-10H3/b23-19+,30-26-,33-21+. The number of nitrogens with zero attached hydrogens (tertiary/aromatic N) is 1. The minimum absolute atomic E-state index is 0.0480. The summed E-state index contributed by atoms with van der Waals surface area (Å²) in [5.41, 5.74) is 3.87. The van der Waals surface area contributed by atoms with Gasteiger partial charge in [0, 0.05) is 11.8 Å². The van der Waals surface area contributed by atoms with Crippen LogP contribution in [0.1, 0.15) is 66.0 Å². The van der Waals surface area contributed by atoms with Gasteiger partial charge in [0.25, 0.3) is 0 Å². The lowest BCUT2D eigenvalue weighted by Gasteiger charge is -2.28. The zero-order valence-corrected chi connectivity index (χ0v) is 22.9. The molecule has 0 aliphatic rings. The fourth-order valence-corrected chi connectivity index (χ4v) is 3.99. The van der Waals surface area contributed by atoms with Crippen LogP contribution in [-0.2, 0) is 0 Å². The number of allylic oxidation sites excluding steroid dienone is 4. The van der Waals surface area contributed by atoms with E-state index in [2.05, 4.69) is 33.6 Å². The molecule has 0 heterocycles. The van der Waals surface area contributed by atoms with E-state index < -0.39 is 5.41 Å². The van der Waals surface area contributed by atoms with Crippen molar-refractivity contribution >= 4 is 11.9 Å². The van der Waals surface area contributed by atoms with Crippen molar-refractivity contribution in [3.63, 3.8) is 0 Å². The summed E-state index contributed by atoms with van der Waals surface area (Å²) in [4.78, 5) is 4.76. The number of benzene rings is 2. The van der Waals surface area contributed by atoms with Gasteiger partial charge >= 0.3 is 0 Å². The molecule has 186 valence electrons. The molecule has 1 atom stereocenters. The van der Waals surface area contributed by atoms with Gasteiger partial charge in [-0.3, -0.25) is 4.99 Å². The molecule has 0 saturated heterocycles. The SMILES string of the molecule is C#CC(C)(/C(O)=C(/C=N/c1ccccc1Oc1c(C)cccc1C)\C=C(/C)CC(C)(C)C)C(C)C. The molecule has 0 aromatic heterocycles. The van der Waals surface area contributed by atoms with E-state index in [1.54, 1.807) is 6.21 Å². The fraction of sp³-hybridized carbons (Fsp3) is 0.406. The minimum atomic E-state index is -0.811. The fourth-order valence-electron chi connectivity index (χ4n) is 3.99. The first-order valence-electron chi connectivity index (χ1n) is 12.2. The molecule has 2 aromatic carbocycles. The zero-order valence-electron chi connectivity index (χ0n) is 22.9. The summed E-state index contributed by atoms with van der Waals surface area (Å²) in [5, 5.41) is 11.4. The lowest BCUT2D eigenvalue weighted by Crippen LogP contribution is -2.25. The number of hydrogen-bond acceptors (Lipinski definition) is 3. The van der Waals surface area contributed by atoms with Crippen LogP contribution in [0.5, 0.6) is 11.5 Å². The maximum absolute atomic E-state index is 11.4. The average molecular weight is 472 g/mol. The Bertz CT molecular complexity index is 1150. The molecular formula is C32H41NO2. The van der Waals surface area contributed by atoms with E-state index in [0.29, 0.717) is 17.0 Å². The second kappa shape index (κ2) is 11.5. The molecule has 1 unspecified atom stereocenters. The summed E-state index contributed by atoms with van der Waals surface area (Å²) in [6, 6.07) is 13.7. The first kappa shape index (κ1) is 28.0. The molecule has 0 aliphatic heterocycles. The highest BCUT2D eigenvalue weighted by Gasteiger charge is 2.32. The van der Waals surface area contributed by atoms with Crippen LogP contribution in [-0.4, -0.2) is 11.3 Å². The van der Waals surface area contributed by atoms with Crippen LogP contribution < -0.4 is 4.74 Å². The van der Waals surface area contributed by atoms with Gasteiger partial charge in [-0.15, -0.1) is 6.42 Å². The van der Waals surface area contributed by atoms with Gasteiger partial charge in [0.2, 0.25) is 0 Å². The molecule has 3 nitrogen and oxygen atoms in total. The Hall–Kier alpha value is -3.25. The monoisotopic (exact) mass is 471 g/mol. The third kappa shape index (κ3) is 7.36. The molecule has 35 heavy (non-hydrogen) atoms. The molecular weight excluding hydrogens is 430 g/mol. The van der Waals surface area contributed by atoms with Gasteiger partial charge in [-0.2, -0.15) is 0 Å². The first-order chi connectivity index (χ1) is 16.3. The second-order valence-electron chi connectivity index (χ2n) is 11.1. The largest absolute Gasteiger partial charge is 0.510 e. The summed E-state index contributed by atoms with van der Waals surface area (Å²) in [6.07, 6.45) is 10.5. The first-order valence-corrected chi connectivity index (χ1v) is 12.2. The summed E-state index contributed by atoms with van der Waals surface area (Å²) >= 11 is 0. The van der Waals surface area contributed by atoms with Crippen LogP contribution in [0.25, 0.3) is 0 Å². The number of rotatable bonds is 8. The second-order valence-corrected chi connectivity index (χ2v) is 11.1. The van der Waals surface area contributed by atoms with Crippen molar-refractivity contribution in [2.45, 2.75) is 68.7 Å². The van der Waals surface area contributed by atoms with Gasteiger partial charge in [-0.25, -0.2) is 0 Å². The van der Waals surface area contributed by atoms with Gasteiger partial charge in [0.1, 0.15) is 17.2 Å². The third-order valence-electron chi connectivity index (χ3n) is 6.26. The normalized spacial score (nSPS) is 15.1. The maximum atomic E-state index is 11.4. The van der Waals surface area contributed by atoms with Crippen LogP contribution >= 0.6 is 0 Å². The highest BCUT2D eigenvalue weighted by Crippen LogP contribution is 2.37. The van der Waals surface area contributed by atoms with E-state index >= 15 is 0 Å². The lowest BCUT2D eigenvalue weighted by molar-refractivity contribution is 0.236. The number of hydrogen-bond donors (Lipinski definition) is 1. The summed E-state index contributed by atoms with van der Waals surface area (Å²) in [5.74, 6) is 4.49. The Kier molecular flexibility index (Phi) is 9.16. The molecule has 0 bridgehead atoms. The van der Waals surface area contributed by atoms with Gasteiger partial charge in [-0.1, -0.05) is 82.5 Å². The lowest BCUT2D eigenvalue weighted by atomic mass is 9.76. The van der Waals surface area contributed by atoms with Gasteiger partial charge < -0.3 is 9.84 Å². The number of terminal acetylenes is 1. The molecule has 0 radical (unpaired) electrons. The van der Waals surface area contributed by atoms with Crippen LogP contribution in [0.4, 0.5) is 5.69 Å². The molecule has 0 saturated carbocycles. The summed E-state index contributed by atoms with van der Waals surface area (Å²) in [6.45, 7) is 18.7.